The summed E-state index contributed by atoms with van der Waals surface area (Å²) in [5.41, 5.74) is 0.0782. The van der Waals surface area contributed by atoms with Gasteiger partial charge in [-0.2, -0.15) is 10.5 Å². The van der Waals surface area contributed by atoms with Crippen molar-refractivity contribution in [3.05, 3.63) is 39.8 Å². The summed E-state index contributed by atoms with van der Waals surface area (Å²) in [5, 5.41) is 21.3. The molecule has 1 N–H and O–H groups in total. The van der Waals surface area contributed by atoms with E-state index in [0.717, 1.165) is 24.9 Å². The fourth-order valence-corrected chi connectivity index (χ4v) is 2.80. The molecule has 2 rings (SSSR count). The third kappa shape index (κ3) is 4.13. The van der Waals surface area contributed by atoms with E-state index in [4.69, 9.17) is 14.4 Å². The maximum Gasteiger partial charge on any atom is 0.348 e. The minimum absolute atomic E-state index is 0.0849. The third-order valence-electron chi connectivity index (χ3n) is 4.14. The first-order chi connectivity index (χ1) is 13.5. The van der Waals surface area contributed by atoms with Gasteiger partial charge in [-0.1, -0.05) is 0 Å². The summed E-state index contributed by atoms with van der Waals surface area (Å²) in [7, 11) is 0. The number of nitrogens with zero attached hydrogens (tertiary/aromatic N) is 3. The van der Waals surface area contributed by atoms with Crippen molar-refractivity contribution in [3.8, 4) is 12.3 Å². The number of rotatable bonds is 7. The number of fused-ring (bicyclic) bond motifs is 1. The van der Waals surface area contributed by atoms with Crippen molar-refractivity contribution in [1.29, 1.82) is 10.5 Å². The summed E-state index contributed by atoms with van der Waals surface area (Å²) in [6.45, 7) is 7.27. The van der Waals surface area contributed by atoms with Gasteiger partial charge in [-0.25, -0.2) is 9.59 Å². The predicted octanol–water partition coefficient (Wildman–Crippen LogP) is 3.00. The highest BCUT2D eigenvalue weighted by molar-refractivity contribution is 6.02. The molecule has 1 aromatic carbocycles. The van der Waals surface area contributed by atoms with Crippen LogP contribution in [0.1, 0.15) is 26.3 Å². The van der Waals surface area contributed by atoms with Gasteiger partial charge in [0.25, 0.3) is 0 Å². The van der Waals surface area contributed by atoms with Gasteiger partial charge in [-0.05, 0) is 39.0 Å². The lowest BCUT2D eigenvalue weighted by molar-refractivity contribution is -0.137. The summed E-state index contributed by atoms with van der Waals surface area (Å²) in [4.78, 5) is 26.5. The Morgan fingerprint density at radius 2 is 2.00 bits per heavy atom. The van der Waals surface area contributed by atoms with Crippen LogP contribution in [0.3, 0.4) is 0 Å². The number of ether oxygens (including phenoxy) is 1. The molecule has 1 aromatic heterocycles. The van der Waals surface area contributed by atoms with Crippen LogP contribution in [0.15, 0.2) is 33.0 Å². The zero-order chi connectivity index (χ0) is 20.7. The van der Waals surface area contributed by atoms with Crippen molar-refractivity contribution < 1.29 is 13.9 Å². The SMILES string of the molecule is CCOC(=O)/C(C#N)=C\c1c(NC#N)c2ccc(N(CC)CC)cc2oc1=O. The first-order valence-electron chi connectivity index (χ1n) is 8.80. The van der Waals surface area contributed by atoms with Crippen LogP contribution in [0.25, 0.3) is 17.0 Å². The van der Waals surface area contributed by atoms with Gasteiger partial charge in [0.15, 0.2) is 6.19 Å². The molecule has 28 heavy (non-hydrogen) atoms. The second-order valence-corrected chi connectivity index (χ2v) is 5.66. The van der Waals surface area contributed by atoms with Crippen molar-refractivity contribution in [2.45, 2.75) is 20.8 Å². The molecule has 0 bridgehead atoms. The molecular weight excluding hydrogens is 360 g/mol. The highest BCUT2D eigenvalue weighted by Gasteiger charge is 2.18. The Kier molecular flexibility index (Phi) is 6.78. The number of esters is 1. The van der Waals surface area contributed by atoms with E-state index in [1.165, 1.54) is 0 Å². The molecule has 1 heterocycles. The molecule has 0 spiro atoms. The molecule has 0 unspecified atom stereocenters. The predicted molar refractivity (Wildman–Crippen MR) is 106 cm³/mol. The number of hydrogen-bond acceptors (Lipinski definition) is 8. The smallest absolute Gasteiger partial charge is 0.348 e. The molecule has 0 aliphatic heterocycles. The molecule has 0 atom stereocenters. The molecule has 0 saturated heterocycles. The molecule has 144 valence electrons. The second-order valence-electron chi connectivity index (χ2n) is 5.66. The van der Waals surface area contributed by atoms with Crippen LogP contribution in [0.4, 0.5) is 11.4 Å². The van der Waals surface area contributed by atoms with E-state index in [9.17, 15) is 14.9 Å². The fraction of sp³-hybridized carbons (Fsp3) is 0.300. The van der Waals surface area contributed by atoms with E-state index >= 15 is 0 Å². The Labute approximate surface area is 162 Å². The van der Waals surface area contributed by atoms with Crippen LogP contribution in [0.2, 0.25) is 0 Å². The van der Waals surface area contributed by atoms with Gasteiger partial charge in [0.05, 0.1) is 17.9 Å². The molecule has 0 radical (unpaired) electrons. The van der Waals surface area contributed by atoms with Crippen molar-refractivity contribution in [3.63, 3.8) is 0 Å². The molecule has 8 heteroatoms. The molecule has 0 aliphatic rings. The average molecular weight is 380 g/mol. The fourth-order valence-electron chi connectivity index (χ4n) is 2.80. The van der Waals surface area contributed by atoms with Crippen LogP contribution in [-0.4, -0.2) is 25.7 Å². The van der Waals surface area contributed by atoms with E-state index in [-0.39, 0.29) is 23.4 Å². The van der Waals surface area contributed by atoms with Gasteiger partial charge >= 0.3 is 11.6 Å². The van der Waals surface area contributed by atoms with E-state index in [1.54, 1.807) is 31.3 Å². The zero-order valence-corrected chi connectivity index (χ0v) is 15.9. The molecule has 0 amide bonds. The monoisotopic (exact) mass is 380 g/mol. The van der Waals surface area contributed by atoms with Crippen LogP contribution in [0, 0.1) is 22.8 Å². The van der Waals surface area contributed by atoms with Gasteiger partial charge in [0.1, 0.15) is 17.2 Å². The Bertz CT molecular complexity index is 1050. The third-order valence-corrected chi connectivity index (χ3v) is 4.14. The van der Waals surface area contributed by atoms with Crippen molar-refractivity contribution >= 4 is 34.4 Å². The van der Waals surface area contributed by atoms with Gasteiger partial charge in [0.2, 0.25) is 0 Å². The van der Waals surface area contributed by atoms with Crippen molar-refractivity contribution in [2.24, 2.45) is 0 Å². The van der Waals surface area contributed by atoms with E-state index < -0.39 is 11.6 Å². The number of nitriles is 2. The lowest BCUT2D eigenvalue weighted by Crippen LogP contribution is -2.21. The minimum atomic E-state index is -0.857. The maximum absolute atomic E-state index is 12.5. The minimum Gasteiger partial charge on any atom is -0.462 e. The second kappa shape index (κ2) is 9.24. The van der Waals surface area contributed by atoms with Crippen LogP contribution in [-0.2, 0) is 9.53 Å². The molecular formula is C20H20N4O4. The number of hydrogen-bond donors (Lipinski definition) is 1. The number of benzene rings is 1. The average Bonchev–Trinajstić information content (AvgIpc) is 2.68. The van der Waals surface area contributed by atoms with Crippen LogP contribution in [0.5, 0.6) is 0 Å². The largest absolute Gasteiger partial charge is 0.462 e. The number of anilines is 2. The lowest BCUT2D eigenvalue weighted by atomic mass is 10.1. The van der Waals surface area contributed by atoms with Crippen LogP contribution < -0.4 is 15.8 Å². The summed E-state index contributed by atoms with van der Waals surface area (Å²) >= 11 is 0. The number of carbonyl (C=O) groups is 1. The number of carbonyl (C=O) groups excluding carboxylic acids is 1. The summed E-state index contributed by atoms with van der Waals surface area (Å²) in [5.74, 6) is -0.857. The van der Waals surface area contributed by atoms with Gasteiger partial charge < -0.3 is 14.1 Å². The van der Waals surface area contributed by atoms with E-state index in [1.807, 2.05) is 19.9 Å². The quantitative estimate of drug-likeness (QED) is 0.194. The number of nitrogens with one attached hydrogen (secondary N) is 1. The summed E-state index contributed by atoms with van der Waals surface area (Å²) in [6.07, 6.45) is 2.85. The highest BCUT2D eigenvalue weighted by atomic mass is 16.5. The van der Waals surface area contributed by atoms with Crippen molar-refractivity contribution in [2.75, 3.05) is 29.9 Å². The Morgan fingerprint density at radius 1 is 1.29 bits per heavy atom. The molecule has 0 fully saturated rings. The lowest BCUT2D eigenvalue weighted by Gasteiger charge is -2.21. The molecule has 2 aromatic rings. The van der Waals surface area contributed by atoms with Crippen molar-refractivity contribution in [1.82, 2.24) is 0 Å². The Balaban J connectivity index is 2.73. The first-order valence-corrected chi connectivity index (χ1v) is 8.80. The summed E-state index contributed by atoms with van der Waals surface area (Å²) < 4.78 is 10.2. The Morgan fingerprint density at radius 3 is 2.57 bits per heavy atom. The maximum atomic E-state index is 12.5. The topological polar surface area (TPSA) is 119 Å². The zero-order valence-electron chi connectivity index (χ0n) is 15.9. The highest BCUT2D eigenvalue weighted by Crippen LogP contribution is 2.30. The first kappa shape index (κ1) is 20.5. The van der Waals surface area contributed by atoms with Gasteiger partial charge in [-0.15, -0.1) is 0 Å². The standard InChI is InChI=1S/C20H20N4O4/c1-4-24(5-2)14-7-8-15-17(10-14)28-20(26)16(18(15)23-12-22)9-13(11-21)19(25)27-6-3/h7-10,23H,4-6H2,1-3H3/b13-9-. The van der Waals surface area contributed by atoms with E-state index in [2.05, 4.69) is 10.2 Å². The van der Waals surface area contributed by atoms with E-state index in [0.29, 0.717) is 11.0 Å². The van der Waals surface area contributed by atoms with Gasteiger partial charge in [-0.3, -0.25) is 5.32 Å². The molecule has 0 saturated carbocycles. The summed E-state index contributed by atoms with van der Waals surface area (Å²) in [6, 6.07) is 7.00. The molecule has 8 nitrogen and oxygen atoms in total. The van der Waals surface area contributed by atoms with Crippen LogP contribution >= 0.6 is 0 Å². The molecule has 0 aliphatic carbocycles. The van der Waals surface area contributed by atoms with Gasteiger partial charge in [0, 0.05) is 30.2 Å². The Hall–Kier alpha value is -3.78. The normalized spacial score (nSPS) is 10.8.